The Bertz CT molecular complexity index is 550. The first-order valence-corrected chi connectivity index (χ1v) is 7.12. The summed E-state index contributed by atoms with van der Waals surface area (Å²) in [7, 11) is 0. The average Bonchev–Trinajstić information content (AvgIpc) is 2.86. The van der Waals surface area contributed by atoms with E-state index in [1.807, 2.05) is 6.92 Å². The maximum Gasteiger partial charge on any atom is 0.129 e. The fourth-order valence-corrected chi connectivity index (χ4v) is 2.49. The van der Waals surface area contributed by atoms with E-state index in [-0.39, 0.29) is 11.9 Å². The van der Waals surface area contributed by atoms with Crippen molar-refractivity contribution in [1.29, 1.82) is 0 Å². The fourth-order valence-electron chi connectivity index (χ4n) is 2.22. The second kappa shape index (κ2) is 6.81. The van der Waals surface area contributed by atoms with Crippen LogP contribution in [0.4, 0.5) is 4.39 Å². The van der Waals surface area contributed by atoms with E-state index >= 15 is 0 Å². The van der Waals surface area contributed by atoms with E-state index in [1.165, 1.54) is 6.07 Å². The van der Waals surface area contributed by atoms with Gasteiger partial charge in [-0.05, 0) is 25.1 Å². The predicted octanol–water partition coefficient (Wildman–Crippen LogP) is 3.18. The lowest BCUT2D eigenvalue weighted by Crippen LogP contribution is -2.26. The van der Waals surface area contributed by atoms with E-state index in [4.69, 9.17) is 11.6 Å². The normalized spacial score (nSPS) is 12.6. The third-order valence-corrected chi connectivity index (χ3v) is 3.41. The molecule has 2 aromatic rings. The first-order chi connectivity index (χ1) is 9.69. The van der Waals surface area contributed by atoms with Gasteiger partial charge in [0.05, 0.1) is 17.9 Å². The Labute approximate surface area is 122 Å². The first kappa shape index (κ1) is 14.9. The third-order valence-electron chi connectivity index (χ3n) is 3.08. The van der Waals surface area contributed by atoms with Gasteiger partial charge in [-0.15, -0.1) is 5.10 Å². The Morgan fingerprint density at radius 3 is 2.85 bits per heavy atom. The monoisotopic (exact) mass is 296 g/mol. The molecule has 1 heterocycles. The summed E-state index contributed by atoms with van der Waals surface area (Å²) < 4.78 is 15.9. The molecule has 0 radical (unpaired) electrons. The number of aromatic nitrogens is 3. The number of hydrogen-bond acceptors (Lipinski definition) is 3. The number of benzene rings is 1. The van der Waals surface area contributed by atoms with Gasteiger partial charge in [-0.3, -0.25) is 0 Å². The lowest BCUT2D eigenvalue weighted by Gasteiger charge is -2.20. The van der Waals surface area contributed by atoms with Crippen molar-refractivity contribution >= 4 is 11.6 Å². The fraction of sp³-hybridized carbons (Fsp3) is 0.429. The molecule has 1 aromatic carbocycles. The minimum absolute atomic E-state index is 0.326. The zero-order valence-corrected chi connectivity index (χ0v) is 12.4. The zero-order chi connectivity index (χ0) is 14.5. The topological polar surface area (TPSA) is 42.7 Å². The van der Waals surface area contributed by atoms with Crippen LogP contribution < -0.4 is 5.32 Å². The minimum Gasteiger partial charge on any atom is -0.305 e. The Kier molecular flexibility index (Phi) is 5.09. The second-order valence-electron chi connectivity index (χ2n) is 4.51. The number of nitrogens with zero attached hydrogens (tertiary/aromatic N) is 3. The maximum atomic E-state index is 14.2. The first-order valence-electron chi connectivity index (χ1n) is 6.74. The Balaban J connectivity index is 2.48. The molecule has 108 valence electrons. The predicted molar refractivity (Wildman–Crippen MR) is 77.2 cm³/mol. The SMILES string of the molecule is CCCn1nncc1C(NCC)c1c(F)cccc1Cl. The quantitative estimate of drug-likeness (QED) is 0.890. The molecule has 6 heteroatoms. The Morgan fingerprint density at radius 1 is 1.40 bits per heavy atom. The molecular formula is C14H18ClFN4. The van der Waals surface area contributed by atoms with Crippen molar-refractivity contribution in [3.63, 3.8) is 0 Å². The van der Waals surface area contributed by atoms with Crippen LogP contribution in [0, 0.1) is 5.82 Å². The molecule has 0 bridgehead atoms. The molecule has 1 atom stereocenters. The van der Waals surface area contributed by atoms with E-state index in [2.05, 4.69) is 22.6 Å². The largest absolute Gasteiger partial charge is 0.305 e. The van der Waals surface area contributed by atoms with Gasteiger partial charge in [0.2, 0.25) is 0 Å². The number of rotatable bonds is 6. The lowest BCUT2D eigenvalue weighted by atomic mass is 10.0. The number of halogens is 2. The highest BCUT2D eigenvalue weighted by Crippen LogP contribution is 2.30. The van der Waals surface area contributed by atoms with Gasteiger partial charge >= 0.3 is 0 Å². The van der Waals surface area contributed by atoms with Crippen LogP contribution in [0.1, 0.15) is 37.6 Å². The molecular weight excluding hydrogens is 279 g/mol. The summed E-state index contributed by atoms with van der Waals surface area (Å²) in [6, 6.07) is 4.36. The van der Waals surface area contributed by atoms with Gasteiger partial charge in [0, 0.05) is 17.1 Å². The van der Waals surface area contributed by atoms with Crippen molar-refractivity contribution < 1.29 is 4.39 Å². The van der Waals surface area contributed by atoms with Crippen LogP contribution in [-0.2, 0) is 6.54 Å². The van der Waals surface area contributed by atoms with Gasteiger partial charge in [-0.1, -0.05) is 36.7 Å². The summed E-state index contributed by atoms with van der Waals surface area (Å²) in [5.41, 5.74) is 1.26. The molecule has 0 saturated carbocycles. The zero-order valence-electron chi connectivity index (χ0n) is 11.6. The molecule has 0 saturated heterocycles. The summed E-state index contributed by atoms with van der Waals surface area (Å²) >= 11 is 6.18. The average molecular weight is 297 g/mol. The van der Waals surface area contributed by atoms with Gasteiger partial charge in [0.15, 0.2) is 0 Å². The van der Waals surface area contributed by atoms with Crippen LogP contribution in [0.2, 0.25) is 5.02 Å². The van der Waals surface area contributed by atoms with Crippen molar-refractivity contribution in [3.05, 3.63) is 46.5 Å². The van der Waals surface area contributed by atoms with Gasteiger partial charge < -0.3 is 5.32 Å². The van der Waals surface area contributed by atoms with Crippen molar-refractivity contribution in [2.75, 3.05) is 6.54 Å². The van der Waals surface area contributed by atoms with Gasteiger partial charge in [0.1, 0.15) is 5.82 Å². The molecule has 20 heavy (non-hydrogen) atoms. The van der Waals surface area contributed by atoms with Crippen LogP contribution >= 0.6 is 11.6 Å². The molecule has 0 aliphatic carbocycles. The summed E-state index contributed by atoms with van der Waals surface area (Å²) in [6.45, 7) is 5.45. The minimum atomic E-state index is -0.352. The lowest BCUT2D eigenvalue weighted by molar-refractivity contribution is 0.496. The Hall–Kier alpha value is -1.46. The number of hydrogen-bond donors (Lipinski definition) is 1. The molecule has 1 N–H and O–H groups in total. The van der Waals surface area contributed by atoms with Crippen LogP contribution in [0.3, 0.4) is 0 Å². The van der Waals surface area contributed by atoms with Crippen LogP contribution in [0.5, 0.6) is 0 Å². The molecule has 0 amide bonds. The van der Waals surface area contributed by atoms with E-state index in [9.17, 15) is 4.39 Å². The van der Waals surface area contributed by atoms with Crippen molar-refractivity contribution in [1.82, 2.24) is 20.3 Å². The van der Waals surface area contributed by atoms with Gasteiger partial charge in [-0.2, -0.15) is 0 Å². The second-order valence-corrected chi connectivity index (χ2v) is 4.92. The van der Waals surface area contributed by atoms with E-state index < -0.39 is 0 Å². The summed E-state index contributed by atoms with van der Waals surface area (Å²) in [4.78, 5) is 0. The highest BCUT2D eigenvalue weighted by molar-refractivity contribution is 6.31. The van der Waals surface area contributed by atoms with Crippen molar-refractivity contribution in [3.8, 4) is 0 Å². The number of nitrogens with one attached hydrogen (secondary N) is 1. The number of aryl methyl sites for hydroxylation is 1. The van der Waals surface area contributed by atoms with E-state index in [0.717, 1.165) is 18.7 Å². The molecule has 1 aromatic heterocycles. The van der Waals surface area contributed by atoms with Gasteiger partial charge in [-0.25, -0.2) is 9.07 Å². The van der Waals surface area contributed by atoms with Crippen molar-refractivity contribution in [2.45, 2.75) is 32.9 Å². The van der Waals surface area contributed by atoms with Crippen LogP contribution in [0.25, 0.3) is 0 Å². The molecule has 1 unspecified atom stereocenters. The molecule has 0 spiro atoms. The van der Waals surface area contributed by atoms with Crippen molar-refractivity contribution in [2.24, 2.45) is 0 Å². The highest BCUT2D eigenvalue weighted by atomic mass is 35.5. The van der Waals surface area contributed by atoms with E-state index in [0.29, 0.717) is 17.1 Å². The molecule has 2 rings (SSSR count). The third kappa shape index (κ3) is 2.99. The highest BCUT2D eigenvalue weighted by Gasteiger charge is 2.23. The smallest absolute Gasteiger partial charge is 0.129 e. The van der Waals surface area contributed by atoms with Crippen LogP contribution in [0.15, 0.2) is 24.4 Å². The standard InChI is InChI=1S/C14H18ClFN4/c1-3-8-20-12(9-18-19-20)14(17-4-2)13-10(15)6-5-7-11(13)16/h5-7,9,14,17H,3-4,8H2,1-2H3. The molecule has 0 aliphatic heterocycles. The summed E-state index contributed by atoms with van der Waals surface area (Å²) in [5, 5.41) is 11.7. The van der Waals surface area contributed by atoms with E-state index in [1.54, 1.807) is 23.0 Å². The maximum absolute atomic E-state index is 14.2. The molecule has 4 nitrogen and oxygen atoms in total. The van der Waals surface area contributed by atoms with Crippen LogP contribution in [-0.4, -0.2) is 21.5 Å². The molecule has 0 aliphatic rings. The molecule has 0 fully saturated rings. The Morgan fingerprint density at radius 2 is 2.20 bits per heavy atom. The summed E-state index contributed by atoms with van der Waals surface area (Å²) in [6.07, 6.45) is 2.59. The summed E-state index contributed by atoms with van der Waals surface area (Å²) in [5.74, 6) is -0.326. The van der Waals surface area contributed by atoms with Gasteiger partial charge in [0.25, 0.3) is 0 Å².